The number of carbonyl (C=O) groups excluding carboxylic acids is 1. The van der Waals surface area contributed by atoms with Gasteiger partial charge in [-0.15, -0.1) is 0 Å². The van der Waals surface area contributed by atoms with Gasteiger partial charge in [0.2, 0.25) is 5.91 Å². The molecule has 0 bridgehead atoms. The standard InChI is InChI=1S/C22H24N2O4/c1-15(11-17-5-3-4-6-20(17)28-2)12-21(25)23-18-7-8-19-16(13-18)9-10-24(19)14-22(26)27/h3-10,13,15H,11-12,14H2,1-2H3,(H,23,25)(H,26,27). The van der Waals surface area contributed by atoms with E-state index < -0.39 is 5.97 Å². The summed E-state index contributed by atoms with van der Waals surface area (Å²) in [6.45, 7) is 1.96. The summed E-state index contributed by atoms with van der Waals surface area (Å²) in [5.74, 6) is 0.0633. The third-order valence-electron chi connectivity index (χ3n) is 4.66. The molecule has 0 saturated heterocycles. The first-order chi connectivity index (χ1) is 13.5. The van der Waals surface area contributed by atoms with E-state index in [1.165, 1.54) is 0 Å². The molecule has 0 saturated carbocycles. The predicted octanol–water partition coefficient (Wildman–Crippen LogP) is 3.94. The molecule has 2 N–H and O–H groups in total. The van der Waals surface area contributed by atoms with Crippen LogP contribution in [0.1, 0.15) is 18.9 Å². The van der Waals surface area contributed by atoms with Gasteiger partial charge in [0, 0.05) is 29.2 Å². The van der Waals surface area contributed by atoms with E-state index in [1.807, 2.05) is 49.4 Å². The molecule has 1 unspecified atom stereocenters. The van der Waals surface area contributed by atoms with Gasteiger partial charge in [-0.3, -0.25) is 9.59 Å². The van der Waals surface area contributed by atoms with Crippen LogP contribution in [-0.4, -0.2) is 28.7 Å². The van der Waals surface area contributed by atoms with Gasteiger partial charge in [0.25, 0.3) is 0 Å². The summed E-state index contributed by atoms with van der Waals surface area (Å²) >= 11 is 0. The molecule has 28 heavy (non-hydrogen) atoms. The topological polar surface area (TPSA) is 80.6 Å². The van der Waals surface area contributed by atoms with Crippen molar-refractivity contribution in [2.24, 2.45) is 5.92 Å². The van der Waals surface area contributed by atoms with Gasteiger partial charge in [-0.2, -0.15) is 0 Å². The number of rotatable bonds is 8. The molecule has 6 nitrogen and oxygen atoms in total. The number of amides is 1. The highest BCUT2D eigenvalue weighted by Gasteiger charge is 2.13. The number of benzene rings is 2. The Balaban J connectivity index is 1.62. The van der Waals surface area contributed by atoms with Crippen LogP contribution in [0, 0.1) is 5.92 Å². The second kappa shape index (κ2) is 8.61. The third-order valence-corrected chi connectivity index (χ3v) is 4.66. The van der Waals surface area contributed by atoms with Gasteiger partial charge in [-0.25, -0.2) is 0 Å². The molecule has 0 radical (unpaired) electrons. The van der Waals surface area contributed by atoms with Crippen LogP contribution in [0.5, 0.6) is 5.75 Å². The first-order valence-electron chi connectivity index (χ1n) is 9.18. The number of aromatic nitrogens is 1. The molecule has 146 valence electrons. The van der Waals surface area contributed by atoms with E-state index in [9.17, 15) is 9.59 Å². The number of methoxy groups -OCH3 is 1. The highest BCUT2D eigenvalue weighted by atomic mass is 16.5. The lowest BCUT2D eigenvalue weighted by Crippen LogP contribution is -2.16. The van der Waals surface area contributed by atoms with Gasteiger partial charge in [0.05, 0.1) is 7.11 Å². The largest absolute Gasteiger partial charge is 0.496 e. The molecule has 1 aromatic heterocycles. The van der Waals surface area contributed by atoms with Crippen molar-refractivity contribution in [2.45, 2.75) is 26.3 Å². The fourth-order valence-electron chi connectivity index (χ4n) is 3.41. The second-order valence-corrected chi connectivity index (χ2v) is 6.98. The van der Waals surface area contributed by atoms with E-state index in [0.29, 0.717) is 12.1 Å². The van der Waals surface area contributed by atoms with Crippen molar-refractivity contribution in [3.8, 4) is 5.75 Å². The zero-order valence-corrected chi connectivity index (χ0v) is 16.0. The highest BCUT2D eigenvalue weighted by molar-refractivity contribution is 5.94. The Hall–Kier alpha value is -3.28. The van der Waals surface area contributed by atoms with Gasteiger partial charge in [-0.1, -0.05) is 25.1 Å². The van der Waals surface area contributed by atoms with E-state index in [0.717, 1.165) is 28.6 Å². The van der Waals surface area contributed by atoms with Crippen molar-refractivity contribution in [3.63, 3.8) is 0 Å². The summed E-state index contributed by atoms with van der Waals surface area (Å²) in [5, 5.41) is 12.8. The number of carboxylic acid groups (broad SMARTS) is 1. The Kier molecular flexibility index (Phi) is 5.99. The number of anilines is 1. The van der Waals surface area contributed by atoms with Gasteiger partial charge in [-0.05, 0) is 48.2 Å². The van der Waals surface area contributed by atoms with Crippen LogP contribution in [0.4, 0.5) is 5.69 Å². The number of hydrogen-bond donors (Lipinski definition) is 2. The minimum Gasteiger partial charge on any atom is -0.496 e. The first-order valence-corrected chi connectivity index (χ1v) is 9.18. The molecule has 0 aliphatic rings. The van der Waals surface area contributed by atoms with Gasteiger partial charge in [0.15, 0.2) is 0 Å². The van der Waals surface area contributed by atoms with Crippen LogP contribution in [0.3, 0.4) is 0 Å². The molecule has 3 aromatic rings. The SMILES string of the molecule is COc1ccccc1CC(C)CC(=O)Nc1ccc2c(ccn2CC(=O)O)c1. The lowest BCUT2D eigenvalue weighted by molar-refractivity contribution is -0.137. The van der Waals surface area contributed by atoms with Crippen molar-refractivity contribution in [1.82, 2.24) is 4.57 Å². The summed E-state index contributed by atoms with van der Waals surface area (Å²) in [6, 6.07) is 15.2. The number of carbonyl (C=O) groups is 2. The molecule has 2 aromatic carbocycles. The smallest absolute Gasteiger partial charge is 0.323 e. The number of nitrogens with zero attached hydrogens (tertiary/aromatic N) is 1. The zero-order chi connectivity index (χ0) is 20.1. The lowest BCUT2D eigenvalue weighted by Gasteiger charge is -2.14. The molecular formula is C22H24N2O4. The molecule has 0 fully saturated rings. The molecule has 6 heteroatoms. The number of aliphatic carboxylic acids is 1. The Labute approximate surface area is 163 Å². The fraction of sp³-hybridized carbons (Fsp3) is 0.273. The number of nitrogens with one attached hydrogen (secondary N) is 1. The third kappa shape index (κ3) is 4.71. The molecule has 0 aliphatic heterocycles. The predicted molar refractivity (Wildman–Crippen MR) is 109 cm³/mol. The van der Waals surface area contributed by atoms with Crippen molar-refractivity contribution in [2.75, 3.05) is 12.4 Å². The van der Waals surface area contributed by atoms with E-state index in [1.54, 1.807) is 23.9 Å². The molecule has 0 spiro atoms. The normalized spacial score (nSPS) is 11.9. The minimum atomic E-state index is -0.890. The van der Waals surface area contributed by atoms with E-state index in [-0.39, 0.29) is 18.4 Å². The average Bonchev–Trinajstić information content (AvgIpc) is 3.03. The van der Waals surface area contributed by atoms with E-state index in [4.69, 9.17) is 9.84 Å². The van der Waals surface area contributed by atoms with Crippen LogP contribution < -0.4 is 10.1 Å². The Morgan fingerprint density at radius 3 is 2.71 bits per heavy atom. The van der Waals surface area contributed by atoms with Crippen molar-refractivity contribution in [3.05, 3.63) is 60.3 Å². The van der Waals surface area contributed by atoms with Crippen LogP contribution >= 0.6 is 0 Å². The summed E-state index contributed by atoms with van der Waals surface area (Å²) in [5.41, 5.74) is 2.62. The van der Waals surface area contributed by atoms with Crippen molar-refractivity contribution >= 4 is 28.5 Å². The van der Waals surface area contributed by atoms with E-state index in [2.05, 4.69) is 5.32 Å². The van der Waals surface area contributed by atoms with Crippen LogP contribution in [0.25, 0.3) is 10.9 Å². The second-order valence-electron chi connectivity index (χ2n) is 6.98. The molecule has 0 aliphatic carbocycles. The van der Waals surface area contributed by atoms with Crippen LogP contribution in [0.2, 0.25) is 0 Å². The Morgan fingerprint density at radius 2 is 1.96 bits per heavy atom. The number of carboxylic acids is 1. The quantitative estimate of drug-likeness (QED) is 0.620. The van der Waals surface area contributed by atoms with Gasteiger partial charge in [0.1, 0.15) is 12.3 Å². The van der Waals surface area contributed by atoms with Crippen molar-refractivity contribution < 1.29 is 19.4 Å². The summed E-state index contributed by atoms with van der Waals surface area (Å²) in [7, 11) is 1.65. The highest BCUT2D eigenvalue weighted by Crippen LogP contribution is 2.24. The molecule has 1 amide bonds. The summed E-state index contributed by atoms with van der Waals surface area (Å²) < 4.78 is 7.04. The maximum absolute atomic E-state index is 12.4. The maximum Gasteiger partial charge on any atom is 0.323 e. The number of para-hydroxylation sites is 1. The van der Waals surface area contributed by atoms with E-state index >= 15 is 0 Å². The number of ether oxygens (including phenoxy) is 1. The van der Waals surface area contributed by atoms with Crippen LogP contribution in [-0.2, 0) is 22.6 Å². The summed E-state index contributed by atoms with van der Waals surface area (Å²) in [6.07, 6.45) is 2.89. The maximum atomic E-state index is 12.4. The lowest BCUT2D eigenvalue weighted by atomic mass is 9.97. The molecule has 1 atom stereocenters. The van der Waals surface area contributed by atoms with Gasteiger partial charge >= 0.3 is 5.97 Å². The average molecular weight is 380 g/mol. The zero-order valence-electron chi connectivity index (χ0n) is 16.0. The molecule has 1 heterocycles. The first kappa shape index (κ1) is 19.5. The number of hydrogen-bond acceptors (Lipinski definition) is 3. The fourth-order valence-corrected chi connectivity index (χ4v) is 3.41. The molecular weight excluding hydrogens is 356 g/mol. The van der Waals surface area contributed by atoms with Crippen LogP contribution in [0.15, 0.2) is 54.7 Å². The number of fused-ring (bicyclic) bond motifs is 1. The minimum absolute atomic E-state index is 0.0493. The Morgan fingerprint density at radius 1 is 1.18 bits per heavy atom. The van der Waals surface area contributed by atoms with Crippen molar-refractivity contribution in [1.29, 1.82) is 0 Å². The van der Waals surface area contributed by atoms with Gasteiger partial charge < -0.3 is 19.7 Å². The monoisotopic (exact) mass is 380 g/mol. The summed E-state index contributed by atoms with van der Waals surface area (Å²) in [4.78, 5) is 23.3. The molecule has 3 rings (SSSR count). The Bertz CT molecular complexity index is 993.